The number of nitrogens with zero attached hydrogens (tertiary/aromatic N) is 2. The van der Waals surface area contributed by atoms with Crippen molar-refractivity contribution in [1.29, 1.82) is 0 Å². The predicted octanol–water partition coefficient (Wildman–Crippen LogP) is 0.760. The first kappa shape index (κ1) is 11.2. The van der Waals surface area contributed by atoms with Crippen LogP contribution in [0.1, 0.15) is 11.7 Å². The minimum absolute atomic E-state index is 0.181. The fraction of sp³-hybridized carbons (Fsp3) is 0.400. The van der Waals surface area contributed by atoms with Gasteiger partial charge < -0.3 is 16.0 Å². The lowest BCUT2D eigenvalue weighted by molar-refractivity contribution is 0.165. The summed E-state index contributed by atoms with van der Waals surface area (Å²) in [5, 5.41) is 3.76. The van der Waals surface area contributed by atoms with Gasteiger partial charge in [0.1, 0.15) is 0 Å². The van der Waals surface area contributed by atoms with Gasteiger partial charge in [0.05, 0.1) is 16.8 Å². The summed E-state index contributed by atoms with van der Waals surface area (Å²) in [5.41, 5.74) is 6.02. The van der Waals surface area contributed by atoms with Crippen LogP contribution in [0.3, 0.4) is 0 Å². The van der Waals surface area contributed by atoms with Crippen molar-refractivity contribution < 1.29 is 4.79 Å². The molecule has 2 amide bonds. The number of hydrogen-bond donors (Lipinski definition) is 2. The minimum atomic E-state index is -0.437. The molecule has 1 unspecified atom stereocenters. The molecule has 16 heavy (non-hydrogen) atoms. The lowest BCUT2D eigenvalue weighted by Gasteiger charge is -2.34. The van der Waals surface area contributed by atoms with Crippen molar-refractivity contribution in [3.05, 3.63) is 29.0 Å². The number of primary amides is 1. The maximum absolute atomic E-state index is 11.3. The van der Waals surface area contributed by atoms with Crippen molar-refractivity contribution >= 4 is 17.6 Å². The number of amides is 2. The first-order valence-electron chi connectivity index (χ1n) is 5.07. The predicted molar refractivity (Wildman–Crippen MR) is 61.1 cm³/mol. The number of carbonyl (C=O) groups is 1. The van der Waals surface area contributed by atoms with Crippen LogP contribution in [0.2, 0.25) is 5.02 Å². The highest BCUT2D eigenvalue weighted by Crippen LogP contribution is 2.25. The van der Waals surface area contributed by atoms with Crippen LogP contribution in [-0.2, 0) is 0 Å². The van der Waals surface area contributed by atoms with Gasteiger partial charge in [-0.3, -0.25) is 4.98 Å². The molecule has 2 heterocycles. The Bertz CT molecular complexity index is 398. The zero-order valence-corrected chi connectivity index (χ0v) is 9.44. The van der Waals surface area contributed by atoms with Crippen LogP contribution in [0, 0.1) is 0 Å². The number of pyridine rings is 1. The molecule has 1 atom stereocenters. The fourth-order valence-electron chi connectivity index (χ4n) is 1.86. The number of carbonyl (C=O) groups excluding carboxylic acids is 1. The number of piperazine rings is 1. The van der Waals surface area contributed by atoms with Gasteiger partial charge in [0.2, 0.25) is 0 Å². The maximum atomic E-state index is 11.3. The van der Waals surface area contributed by atoms with E-state index in [1.165, 1.54) is 0 Å². The number of nitrogens with one attached hydrogen (secondary N) is 1. The molecule has 1 aliphatic heterocycles. The molecule has 86 valence electrons. The summed E-state index contributed by atoms with van der Waals surface area (Å²) < 4.78 is 0. The first-order chi connectivity index (χ1) is 7.70. The number of aromatic nitrogens is 1. The van der Waals surface area contributed by atoms with E-state index >= 15 is 0 Å². The molecule has 1 aromatic heterocycles. The topological polar surface area (TPSA) is 71.2 Å². The number of nitrogens with two attached hydrogens (primary N) is 1. The van der Waals surface area contributed by atoms with E-state index < -0.39 is 6.03 Å². The quantitative estimate of drug-likeness (QED) is 0.761. The molecular formula is C10H13ClN4O. The average molecular weight is 241 g/mol. The molecule has 1 aliphatic rings. The van der Waals surface area contributed by atoms with Gasteiger partial charge in [-0.2, -0.15) is 0 Å². The normalized spacial score (nSPS) is 20.8. The highest BCUT2D eigenvalue weighted by atomic mass is 35.5. The molecule has 1 saturated heterocycles. The molecule has 0 bridgehead atoms. The number of rotatable bonds is 1. The van der Waals surface area contributed by atoms with Crippen LogP contribution in [0.5, 0.6) is 0 Å². The summed E-state index contributed by atoms with van der Waals surface area (Å²) in [5.74, 6) is 0. The van der Waals surface area contributed by atoms with Gasteiger partial charge in [-0.05, 0) is 12.1 Å². The van der Waals surface area contributed by atoms with Crippen LogP contribution >= 0.6 is 11.6 Å². The van der Waals surface area contributed by atoms with Gasteiger partial charge in [-0.25, -0.2) is 4.79 Å². The van der Waals surface area contributed by atoms with Gasteiger partial charge >= 0.3 is 6.03 Å². The molecule has 6 heteroatoms. The van der Waals surface area contributed by atoms with Crippen LogP contribution in [0.4, 0.5) is 4.79 Å². The van der Waals surface area contributed by atoms with Crippen molar-refractivity contribution in [2.45, 2.75) is 6.04 Å². The van der Waals surface area contributed by atoms with Gasteiger partial charge in [0.15, 0.2) is 0 Å². The van der Waals surface area contributed by atoms with E-state index in [-0.39, 0.29) is 6.04 Å². The Morgan fingerprint density at radius 1 is 1.69 bits per heavy atom. The first-order valence-corrected chi connectivity index (χ1v) is 5.45. The van der Waals surface area contributed by atoms with Crippen LogP contribution in [0.25, 0.3) is 0 Å². The summed E-state index contributed by atoms with van der Waals surface area (Å²) in [6, 6.07) is 2.90. The third-order valence-corrected chi connectivity index (χ3v) is 2.95. The summed E-state index contributed by atoms with van der Waals surface area (Å²) in [6.45, 7) is 1.94. The van der Waals surface area contributed by atoms with Crippen molar-refractivity contribution in [3.8, 4) is 0 Å². The lowest BCUT2D eigenvalue weighted by atomic mass is 10.1. The van der Waals surface area contributed by atoms with Gasteiger partial charge in [-0.1, -0.05) is 11.6 Å². The maximum Gasteiger partial charge on any atom is 0.315 e. The number of urea groups is 1. The van der Waals surface area contributed by atoms with Gasteiger partial charge in [0, 0.05) is 25.8 Å². The summed E-state index contributed by atoms with van der Waals surface area (Å²) >= 11 is 6.06. The van der Waals surface area contributed by atoms with E-state index in [1.54, 1.807) is 23.2 Å². The Labute approximate surface area is 98.6 Å². The Balaban J connectivity index is 2.30. The second-order valence-electron chi connectivity index (χ2n) is 3.62. The Kier molecular flexibility index (Phi) is 3.26. The standard InChI is InChI=1S/C10H13ClN4O/c11-7-2-1-3-14-9(7)8-6-13-4-5-15(8)10(12)16/h1-3,8,13H,4-6H2,(H2,12,16). The molecule has 0 saturated carbocycles. The summed E-state index contributed by atoms with van der Waals surface area (Å²) in [4.78, 5) is 17.1. The average Bonchev–Trinajstić information content (AvgIpc) is 2.29. The highest BCUT2D eigenvalue weighted by Gasteiger charge is 2.28. The van der Waals surface area contributed by atoms with Crippen molar-refractivity contribution in [1.82, 2.24) is 15.2 Å². The smallest absolute Gasteiger partial charge is 0.315 e. The monoisotopic (exact) mass is 240 g/mol. The molecule has 3 N–H and O–H groups in total. The molecule has 0 spiro atoms. The van der Waals surface area contributed by atoms with Crippen molar-refractivity contribution in [2.75, 3.05) is 19.6 Å². The fourth-order valence-corrected chi connectivity index (χ4v) is 2.10. The van der Waals surface area contributed by atoms with E-state index in [4.69, 9.17) is 17.3 Å². The molecule has 1 fully saturated rings. The molecule has 0 radical (unpaired) electrons. The van der Waals surface area contributed by atoms with E-state index in [2.05, 4.69) is 10.3 Å². The lowest BCUT2D eigenvalue weighted by Crippen LogP contribution is -2.50. The minimum Gasteiger partial charge on any atom is -0.351 e. The largest absolute Gasteiger partial charge is 0.351 e. The van der Waals surface area contributed by atoms with Crippen LogP contribution < -0.4 is 11.1 Å². The van der Waals surface area contributed by atoms with Crippen LogP contribution in [0.15, 0.2) is 18.3 Å². The Hall–Kier alpha value is -1.33. The zero-order chi connectivity index (χ0) is 11.5. The molecule has 2 rings (SSSR count). The zero-order valence-electron chi connectivity index (χ0n) is 8.69. The van der Waals surface area contributed by atoms with Gasteiger partial charge in [0.25, 0.3) is 0 Å². The van der Waals surface area contributed by atoms with Crippen molar-refractivity contribution in [3.63, 3.8) is 0 Å². The Morgan fingerprint density at radius 2 is 2.50 bits per heavy atom. The van der Waals surface area contributed by atoms with E-state index in [1.807, 2.05) is 0 Å². The van der Waals surface area contributed by atoms with E-state index in [0.717, 1.165) is 6.54 Å². The summed E-state index contributed by atoms with van der Waals surface area (Å²) in [7, 11) is 0. The van der Waals surface area contributed by atoms with Crippen LogP contribution in [-0.4, -0.2) is 35.5 Å². The molecular weight excluding hydrogens is 228 g/mol. The van der Waals surface area contributed by atoms with Gasteiger partial charge in [-0.15, -0.1) is 0 Å². The molecule has 0 aliphatic carbocycles. The second kappa shape index (κ2) is 4.67. The summed E-state index contributed by atoms with van der Waals surface area (Å²) in [6.07, 6.45) is 1.66. The van der Waals surface area contributed by atoms with E-state index in [0.29, 0.717) is 23.8 Å². The third kappa shape index (κ3) is 2.10. The number of halogens is 1. The molecule has 5 nitrogen and oxygen atoms in total. The Morgan fingerprint density at radius 3 is 3.19 bits per heavy atom. The number of hydrogen-bond acceptors (Lipinski definition) is 3. The molecule has 1 aromatic rings. The molecule has 0 aromatic carbocycles. The van der Waals surface area contributed by atoms with E-state index in [9.17, 15) is 4.79 Å². The van der Waals surface area contributed by atoms with Crippen molar-refractivity contribution in [2.24, 2.45) is 5.73 Å². The highest BCUT2D eigenvalue weighted by molar-refractivity contribution is 6.31. The third-order valence-electron chi connectivity index (χ3n) is 2.63. The SMILES string of the molecule is NC(=O)N1CCNCC1c1ncccc1Cl. The second-order valence-corrected chi connectivity index (χ2v) is 4.03.